The minimum absolute atomic E-state index is 0. The van der Waals surface area contributed by atoms with Crippen molar-refractivity contribution in [3.63, 3.8) is 0 Å². The van der Waals surface area contributed by atoms with Crippen molar-refractivity contribution in [2.45, 2.75) is 32.6 Å². The van der Waals surface area contributed by atoms with Crippen molar-refractivity contribution in [3.8, 4) is 11.5 Å². The van der Waals surface area contributed by atoms with Crippen LogP contribution < -0.4 is 9.47 Å². The average Bonchev–Trinajstić information content (AvgIpc) is 3.16. The maximum absolute atomic E-state index is 11.0. The van der Waals surface area contributed by atoms with Crippen molar-refractivity contribution >= 4 is 46.1 Å². The third-order valence-corrected chi connectivity index (χ3v) is 6.98. The van der Waals surface area contributed by atoms with Gasteiger partial charge in [-0.3, -0.25) is 0 Å². The van der Waals surface area contributed by atoms with Gasteiger partial charge >= 0.3 is 11.9 Å². The van der Waals surface area contributed by atoms with Gasteiger partial charge in [-0.25, -0.2) is 9.59 Å². The number of hydrogen-bond acceptors (Lipinski definition) is 12. The first-order chi connectivity index (χ1) is 24.9. The van der Waals surface area contributed by atoms with Crippen molar-refractivity contribution in [1.29, 1.82) is 0 Å². The number of esters is 2. The highest BCUT2D eigenvalue weighted by Crippen LogP contribution is 2.29. The van der Waals surface area contributed by atoms with Gasteiger partial charge in [0.25, 0.3) is 0 Å². The summed E-state index contributed by atoms with van der Waals surface area (Å²) in [4.78, 5) is 22.1. The topological polar surface area (TPSA) is 145 Å². The average molecular weight is 692 g/mol. The highest BCUT2D eigenvalue weighted by atomic mass is 16.5. The molecule has 0 spiro atoms. The van der Waals surface area contributed by atoms with Crippen LogP contribution in [0.15, 0.2) is 147 Å². The number of rotatable bonds is 20. The molecular weight excluding hydrogens is 648 g/mol. The minimum Gasteiger partial charge on any atom is -0.494 e. The number of carbonyl (C=O) groups is 2. The molecule has 51 heavy (non-hydrogen) atoms. The van der Waals surface area contributed by atoms with E-state index < -0.39 is 11.9 Å². The van der Waals surface area contributed by atoms with E-state index >= 15 is 0 Å². The van der Waals surface area contributed by atoms with Gasteiger partial charge in [0, 0.05) is 13.6 Å². The molecule has 4 aromatic rings. The number of nitrogens with zero attached hydrogens (tertiary/aromatic N) is 6. The summed E-state index contributed by atoms with van der Waals surface area (Å²) in [6, 6.07) is 27.6. The Bertz CT molecular complexity index is 1830. The lowest BCUT2D eigenvalue weighted by Crippen LogP contribution is -2.04. The molecule has 0 heterocycles. The standard InChI is InChI=1S/C39H40N6O6.H2/c1-4-38(46)50-26-8-6-24-48-35-19-14-32(15-20-35)41-40-30-10-12-31(13-11-30)42-44-34-18-23-37(29(3)28-34)45-43-33-16-21-36(22-17-33)49-25-7-9-27-51-39(47)5-2;/h4-5,10-23,28H,1-2,6-9,24-27H2,3H3;1H/i;1+1. The molecule has 264 valence electrons. The molecule has 4 aromatic carbocycles. The summed E-state index contributed by atoms with van der Waals surface area (Å²) >= 11 is 0. The summed E-state index contributed by atoms with van der Waals surface area (Å²) in [5.41, 5.74) is 5.08. The van der Waals surface area contributed by atoms with E-state index in [4.69, 9.17) is 18.9 Å². The molecule has 0 N–H and O–H groups in total. The van der Waals surface area contributed by atoms with Crippen LogP contribution in [-0.2, 0) is 19.1 Å². The Balaban J connectivity index is 0.00000729. The van der Waals surface area contributed by atoms with E-state index in [1.165, 1.54) is 0 Å². The van der Waals surface area contributed by atoms with E-state index in [9.17, 15) is 9.59 Å². The van der Waals surface area contributed by atoms with Gasteiger partial charge in [0.2, 0.25) is 0 Å². The van der Waals surface area contributed by atoms with E-state index in [1.54, 1.807) is 0 Å². The monoisotopic (exact) mass is 691 g/mol. The first-order valence-corrected chi connectivity index (χ1v) is 16.4. The molecule has 12 nitrogen and oxygen atoms in total. The zero-order valence-corrected chi connectivity index (χ0v) is 28.5. The van der Waals surface area contributed by atoms with Gasteiger partial charge in [0.15, 0.2) is 0 Å². The first-order valence-electron chi connectivity index (χ1n) is 16.4. The van der Waals surface area contributed by atoms with Crippen LogP contribution in [0.1, 0.15) is 32.7 Å². The molecule has 0 saturated carbocycles. The van der Waals surface area contributed by atoms with Crippen molar-refractivity contribution in [2.24, 2.45) is 30.7 Å². The molecule has 0 atom stereocenters. The zero-order valence-electron chi connectivity index (χ0n) is 28.5. The minimum atomic E-state index is -0.416. The van der Waals surface area contributed by atoms with Gasteiger partial charge in [0.05, 0.1) is 60.6 Å². The van der Waals surface area contributed by atoms with Crippen molar-refractivity contribution in [3.05, 3.63) is 122 Å². The third kappa shape index (κ3) is 14.0. The highest BCUT2D eigenvalue weighted by Gasteiger charge is 2.02. The largest absolute Gasteiger partial charge is 0.494 e. The molecule has 0 saturated heterocycles. The highest BCUT2D eigenvalue weighted by molar-refractivity contribution is 5.81. The lowest BCUT2D eigenvalue weighted by molar-refractivity contribution is -0.138. The number of carbonyl (C=O) groups excluding carboxylic acids is 2. The molecule has 0 radical (unpaired) electrons. The molecule has 0 aliphatic rings. The van der Waals surface area contributed by atoms with Crippen LogP contribution in [0.25, 0.3) is 0 Å². The summed E-state index contributed by atoms with van der Waals surface area (Å²) < 4.78 is 21.3. The van der Waals surface area contributed by atoms with Crippen molar-refractivity contribution < 1.29 is 30.0 Å². The fraction of sp³-hybridized carbons (Fsp3) is 0.231. The Morgan fingerprint density at radius 2 is 0.882 bits per heavy atom. The van der Waals surface area contributed by atoms with Crippen LogP contribution >= 0.6 is 0 Å². The molecule has 0 fully saturated rings. The van der Waals surface area contributed by atoms with Crippen LogP contribution in [0.5, 0.6) is 11.5 Å². The van der Waals surface area contributed by atoms with Gasteiger partial charge in [0.1, 0.15) is 11.5 Å². The Morgan fingerprint density at radius 3 is 1.29 bits per heavy atom. The van der Waals surface area contributed by atoms with Crippen LogP contribution in [0.3, 0.4) is 0 Å². The number of benzene rings is 4. The smallest absolute Gasteiger partial charge is 0.330 e. The molecule has 4 rings (SSSR count). The Labute approximate surface area is 298 Å². The summed E-state index contributed by atoms with van der Waals surface area (Å²) in [5.74, 6) is 0.623. The van der Waals surface area contributed by atoms with E-state index in [2.05, 4.69) is 43.8 Å². The summed E-state index contributed by atoms with van der Waals surface area (Å²) in [6.07, 6.45) is 5.25. The Morgan fingerprint density at radius 1 is 0.529 bits per heavy atom. The molecule has 0 aliphatic carbocycles. The van der Waals surface area contributed by atoms with Gasteiger partial charge in [-0.15, -0.1) is 0 Å². The molecular formula is C39H42N6O6. The molecule has 12 heteroatoms. The van der Waals surface area contributed by atoms with E-state index in [-0.39, 0.29) is 1.43 Å². The fourth-order valence-corrected chi connectivity index (χ4v) is 4.21. The van der Waals surface area contributed by atoms with Crippen LogP contribution in [0.4, 0.5) is 34.1 Å². The van der Waals surface area contributed by atoms with Crippen LogP contribution in [0, 0.1) is 6.92 Å². The maximum Gasteiger partial charge on any atom is 0.330 e. The van der Waals surface area contributed by atoms with Crippen LogP contribution in [-0.4, -0.2) is 38.4 Å². The number of unbranched alkanes of at least 4 members (excludes halogenated alkanes) is 2. The van der Waals surface area contributed by atoms with E-state index in [0.29, 0.717) is 67.7 Å². The lowest BCUT2D eigenvalue weighted by atomic mass is 10.2. The second-order valence-corrected chi connectivity index (χ2v) is 10.9. The van der Waals surface area contributed by atoms with Crippen molar-refractivity contribution in [1.82, 2.24) is 0 Å². The Kier molecular flexibility index (Phi) is 15.4. The molecule has 0 amide bonds. The van der Waals surface area contributed by atoms with Gasteiger partial charge in [-0.05, 0) is 129 Å². The zero-order chi connectivity index (χ0) is 36.1. The second kappa shape index (κ2) is 20.9. The van der Waals surface area contributed by atoms with Gasteiger partial charge < -0.3 is 18.9 Å². The van der Waals surface area contributed by atoms with Gasteiger partial charge in [-0.1, -0.05) is 13.2 Å². The summed E-state index contributed by atoms with van der Waals surface area (Å²) in [7, 11) is 0. The van der Waals surface area contributed by atoms with E-state index in [1.807, 2.05) is 97.9 Å². The van der Waals surface area contributed by atoms with Crippen molar-refractivity contribution in [2.75, 3.05) is 26.4 Å². The predicted molar refractivity (Wildman–Crippen MR) is 197 cm³/mol. The number of aryl methyl sites for hydroxylation is 1. The second-order valence-electron chi connectivity index (χ2n) is 10.9. The fourth-order valence-electron chi connectivity index (χ4n) is 4.21. The molecule has 0 aromatic heterocycles. The number of hydrogen-bond donors (Lipinski definition) is 0. The number of ether oxygens (including phenoxy) is 4. The number of azo groups is 3. The maximum atomic E-state index is 11.0. The summed E-state index contributed by atoms with van der Waals surface area (Å²) in [6.45, 7) is 10.4. The predicted octanol–water partition coefficient (Wildman–Crippen LogP) is 11.3. The molecule has 0 aliphatic heterocycles. The summed E-state index contributed by atoms with van der Waals surface area (Å²) in [5, 5.41) is 26.0. The van der Waals surface area contributed by atoms with Gasteiger partial charge in [-0.2, -0.15) is 30.7 Å². The Hall–Kier alpha value is -6.30. The first kappa shape index (κ1) is 37.5. The quantitative estimate of drug-likeness (QED) is 0.0390. The molecule has 0 unspecified atom stereocenters. The van der Waals surface area contributed by atoms with Crippen LogP contribution in [0.2, 0.25) is 0 Å². The molecule has 0 bridgehead atoms. The third-order valence-electron chi connectivity index (χ3n) is 6.98. The normalized spacial score (nSPS) is 11.2. The van der Waals surface area contributed by atoms with E-state index in [0.717, 1.165) is 47.7 Å². The lowest BCUT2D eigenvalue weighted by Gasteiger charge is -2.06. The SMILES string of the molecule is C=CC(=O)OCCCCOc1ccc(N=Nc2ccc(N=Nc3ccc(N=Nc4ccc(OCCCCOC(=O)C=C)cc4)c(C)c3)cc2)cc1.[2HH].